The molecule has 2 aliphatic heterocycles. The molecule has 2 aromatic heterocycles. The number of amides is 1. The summed E-state index contributed by atoms with van der Waals surface area (Å²) >= 11 is 0. The Kier molecular flexibility index (Phi) is 10.9. The molecule has 236 valence electrons. The Labute approximate surface area is 258 Å². The van der Waals surface area contributed by atoms with Crippen LogP contribution >= 0.6 is 0 Å². The van der Waals surface area contributed by atoms with Gasteiger partial charge in [0, 0.05) is 50.2 Å². The molecule has 2 aliphatic rings. The minimum Gasteiger partial charge on any atom is -0.467 e. The van der Waals surface area contributed by atoms with Gasteiger partial charge in [0.2, 0.25) is 0 Å². The standard InChI is InChI=1S/C25H19F4N5O2.C5H11N.C2H3N/c1-13(26)24(35)34-10-8-33(9-11-34)23-16-12-30-21(20(29)22(16)31-25(32-23)36-2)15-5-3-4-14-6-7-17(27)19(28)18(14)15;1-6-4-2-3-5-6;1-2-3/h3-7,12H,1,8-11H2,2H3;2-5H2,1H3;1H3. The van der Waals surface area contributed by atoms with Crippen molar-refractivity contribution >= 4 is 33.4 Å². The number of fused-ring (bicyclic) bond motifs is 2. The van der Waals surface area contributed by atoms with E-state index in [1.807, 2.05) is 0 Å². The van der Waals surface area contributed by atoms with Crippen LogP contribution in [-0.2, 0) is 4.79 Å². The lowest BCUT2D eigenvalue weighted by atomic mass is 10.00. The highest BCUT2D eigenvalue weighted by atomic mass is 19.2. The Morgan fingerprint density at radius 1 is 1.00 bits per heavy atom. The molecule has 45 heavy (non-hydrogen) atoms. The van der Waals surface area contributed by atoms with Gasteiger partial charge in [0.1, 0.15) is 17.0 Å². The van der Waals surface area contributed by atoms with Gasteiger partial charge in [-0.3, -0.25) is 9.78 Å². The normalized spacial score (nSPS) is 14.7. The average molecular weight is 624 g/mol. The van der Waals surface area contributed by atoms with E-state index in [-0.39, 0.29) is 59.7 Å². The Morgan fingerprint density at radius 2 is 1.67 bits per heavy atom. The number of anilines is 1. The molecule has 0 aliphatic carbocycles. The molecule has 1 amide bonds. The van der Waals surface area contributed by atoms with E-state index in [0.29, 0.717) is 11.2 Å². The smallest absolute Gasteiger partial charge is 0.318 e. The zero-order valence-electron chi connectivity index (χ0n) is 25.3. The number of benzene rings is 2. The fourth-order valence-corrected chi connectivity index (χ4v) is 5.22. The number of ether oxygens (including phenoxy) is 1. The molecule has 0 atom stereocenters. The van der Waals surface area contributed by atoms with Crippen molar-refractivity contribution in [3.8, 4) is 23.3 Å². The Hall–Kier alpha value is -4.83. The molecule has 2 saturated heterocycles. The molecule has 4 heterocycles. The van der Waals surface area contributed by atoms with Crippen molar-refractivity contribution in [3.63, 3.8) is 0 Å². The highest BCUT2D eigenvalue weighted by molar-refractivity contribution is 5.99. The van der Waals surface area contributed by atoms with Gasteiger partial charge in [0.25, 0.3) is 5.91 Å². The minimum atomic E-state index is -1.10. The molecule has 0 radical (unpaired) electrons. The minimum absolute atomic E-state index is 0.0709. The number of carbonyl (C=O) groups excluding carboxylic acids is 1. The number of rotatable bonds is 4. The molecular weight excluding hydrogens is 590 g/mol. The summed E-state index contributed by atoms with van der Waals surface area (Å²) in [5.74, 6) is -4.52. The van der Waals surface area contributed by atoms with Crippen LogP contribution in [-0.4, -0.2) is 84.1 Å². The van der Waals surface area contributed by atoms with Crippen molar-refractivity contribution < 1.29 is 27.1 Å². The topological polar surface area (TPSA) is 98.5 Å². The first kappa shape index (κ1) is 33.1. The maximum atomic E-state index is 15.9. The highest BCUT2D eigenvalue weighted by Gasteiger charge is 2.27. The van der Waals surface area contributed by atoms with Gasteiger partial charge >= 0.3 is 6.01 Å². The lowest BCUT2D eigenvalue weighted by Gasteiger charge is -2.35. The fourth-order valence-electron chi connectivity index (χ4n) is 5.22. The van der Waals surface area contributed by atoms with Gasteiger partial charge in [-0.15, -0.1) is 0 Å². The van der Waals surface area contributed by atoms with E-state index in [9.17, 15) is 18.0 Å². The second-order valence-electron chi connectivity index (χ2n) is 10.4. The maximum absolute atomic E-state index is 15.9. The van der Waals surface area contributed by atoms with Gasteiger partial charge in [0.15, 0.2) is 23.3 Å². The summed E-state index contributed by atoms with van der Waals surface area (Å²) in [6.07, 6.45) is 4.19. The van der Waals surface area contributed by atoms with Crippen LogP contribution in [0.1, 0.15) is 19.8 Å². The first-order valence-electron chi connectivity index (χ1n) is 14.3. The fraction of sp³-hybridized carbons (Fsp3) is 0.344. The van der Waals surface area contributed by atoms with Crippen molar-refractivity contribution in [1.29, 1.82) is 5.26 Å². The summed E-state index contributed by atoms with van der Waals surface area (Å²) in [6, 6.07) is 8.69. The van der Waals surface area contributed by atoms with Crippen LogP contribution in [0.4, 0.5) is 23.4 Å². The molecule has 13 heteroatoms. The number of piperazine rings is 1. The zero-order chi connectivity index (χ0) is 32.7. The highest BCUT2D eigenvalue weighted by Crippen LogP contribution is 2.36. The van der Waals surface area contributed by atoms with Crippen molar-refractivity contribution in [2.75, 3.05) is 58.3 Å². The van der Waals surface area contributed by atoms with Crippen LogP contribution in [0.15, 0.2) is 48.9 Å². The number of nitriles is 1. The monoisotopic (exact) mass is 623 g/mol. The van der Waals surface area contributed by atoms with Crippen molar-refractivity contribution in [3.05, 3.63) is 66.4 Å². The van der Waals surface area contributed by atoms with Crippen LogP contribution in [0.3, 0.4) is 0 Å². The Morgan fingerprint density at radius 3 is 2.24 bits per heavy atom. The molecule has 9 nitrogen and oxygen atoms in total. The molecule has 2 aromatic carbocycles. The predicted octanol–water partition coefficient (Wildman–Crippen LogP) is 5.64. The quantitative estimate of drug-likeness (QED) is 0.213. The molecular formula is C32H33F4N7O2. The number of aromatic nitrogens is 3. The zero-order valence-corrected chi connectivity index (χ0v) is 25.3. The predicted molar refractivity (Wildman–Crippen MR) is 164 cm³/mol. The van der Waals surface area contributed by atoms with Crippen molar-refractivity contribution in [2.45, 2.75) is 19.8 Å². The van der Waals surface area contributed by atoms with Crippen molar-refractivity contribution in [2.24, 2.45) is 0 Å². The van der Waals surface area contributed by atoms with E-state index in [1.165, 1.54) is 63.2 Å². The van der Waals surface area contributed by atoms with Gasteiger partial charge in [-0.05, 0) is 44.4 Å². The molecule has 2 fully saturated rings. The van der Waals surface area contributed by atoms with Crippen LogP contribution in [0.2, 0.25) is 0 Å². The van der Waals surface area contributed by atoms with Crippen LogP contribution < -0.4 is 9.64 Å². The molecule has 6 rings (SSSR count). The van der Waals surface area contributed by atoms with Crippen LogP contribution in [0.5, 0.6) is 6.01 Å². The second kappa shape index (κ2) is 14.8. The molecule has 0 bridgehead atoms. The van der Waals surface area contributed by atoms with Gasteiger partial charge in [-0.2, -0.15) is 15.2 Å². The lowest BCUT2D eigenvalue weighted by molar-refractivity contribution is -0.128. The lowest BCUT2D eigenvalue weighted by Crippen LogP contribution is -2.49. The van der Waals surface area contributed by atoms with E-state index in [1.54, 1.807) is 23.1 Å². The molecule has 0 unspecified atom stereocenters. The summed E-state index contributed by atoms with van der Waals surface area (Å²) < 4.78 is 63.0. The van der Waals surface area contributed by atoms with Gasteiger partial charge in [0.05, 0.1) is 18.6 Å². The molecule has 0 saturated carbocycles. The van der Waals surface area contributed by atoms with E-state index in [2.05, 4.69) is 33.5 Å². The first-order chi connectivity index (χ1) is 21.6. The van der Waals surface area contributed by atoms with Gasteiger partial charge < -0.3 is 19.4 Å². The summed E-state index contributed by atoms with van der Waals surface area (Å²) in [5.41, 5.74) is -0.255. The summed E-state index contributed by atoms with van der Waals surface area (Å²) in [5, 5.41) is 7.87. The van der Waals surface area contributed by atoms with E-state index in [4.69, 9.17) is 10.00 Å². The second-order valence-corrected chi connectivity index (χ2v) is 10.4. The average Bonchev–Trinajstić information content (AvgIpc) is 3.53. The summed E-state index contributed by atoms with van der Waals surface area (Å²) in [4.78, 5) is 30.1. The number of halogens is 4. The molecule has 0 N–H and O–H groups in total. The Balaban J connectivity index is 0.000000446. The third-order valence-electron chi connectivity index (χ3n) is 7.44. The summed E-state index contributed by atoms with van der Waals surface area (Å²) in [6.45, 7) is 8.07. The Bertz CT molecular complexity index is 1750. The van der Waals surface area contributed by atoms with Crippen LogP contribution in [0.25, 0.3) is 32.9 Å². The number of pyridine rings is 1. The number of nitrogens with zero attached hydrogens (tertiary/aromatic N) is 7. The first-order valence-corrected chi connectivity index (χ1v) is 14.3. The number of methoxy groups -OCH3 is 1. The summed E-state index contributed by atoms with van der Waals surface area (Å²) in [7, 11) is 3.50. The van der Waals surface area contributed by atoms with Gasteiger partial charge in [-0.1, -0.05) is 30.8 Å². The number of hydrogen-bond donors (Lipinski definition) is 0. The number of likely N-dealkylation sites (tertiary alicyclic amines) is 1. The molecule has 0 spiro atoms. The van der Waals surface area contributed by atoms with E-state index < -0.39 is 29.2 Å². The maximum Gasteiger partial charge on any atom is 0.318 e. The van der Waals surface area contributed by atoms with Crippen LogP contribution in [0, 0.1) is 28.8 Å². The number of carbonyl (C=O) groups is 1. The van der Waals surface area contributed by atoms with Crippen molar-refractivity contribution in [1.82, 2.24) is 24.8 Å². The number of hydrogen-bond acceptors (Lipinski definition) is 8. The van der Waals surface area contributed by atoms with E-state index in [0.717, 1.165) is 6.07 Å². The third-order valence-corrected chi connectivity index (χ3v) is 7.44. The largest absolute Gasteiger partial charge is 0.467 e. The SMILES string of the molecule is C=C(F)C(=O)N1CCN(c2nc(OC)nc3c(F)c(-c4cccc5ccc(F)c(F)c45)ncc23)CC1.CC#N.CN1CCCC1. The third kappa shape index (κ3) is 7.29. The van der Waals surface area contributed by atoms with E-state index >= 15 is 4.39 Å². The molecule has 4 aromatic rings. The van der Waals surface area contributed by atoms with Gasteiger partial charge in [-0.25, -0.2) is 17.6 Å².